The van der Waals surface area contributed by atoms with Crippen molar-refractivity contribution in [3.63, 3.8) is 0 Å². The molecule has 0 unspecified atom stereocenters. The first-order chi connectivity index (χ1) is 13.8. The molecule has 1 aliphatic heterocycles. The van der Waals surface area contributed by atoms with E-state index < -0.39 is 29.3 Å². The van der Waals surface area contributed by atoms with Gasteiger partial charge in [-0.15, -0.1) is 0 Å². The number of carbonyl (C=O) groups excluding carboxylic acids is 2. The van der Waals surface area contributed by atoms with Crippen LogP contribution in [-0.2, 0) is 9.59 Å². The zero-order valence-electron chi connectivity index (χ0n) is 16.4. The number of Topliss-reactive ketones (excluding diaryl/α,β-unsaturated/α-hetero) is 1. The fourth-order valence-corrected chi connectivity index (χ4v) is 3.23. The van der Waals surface area contributed by atoms with Gasteiger partial charge in [-0.1, -0.05) is 6.07 Å². The molecule has 1 aliphatic rings. The molecular weight excluding hydrogens is 377 g/mol. The van der Waals surface area contributed by atoms with E-state index in [9.17, 15) is 19.1 Å². The van der Waals surface area contributed by atoms with Crippen LogP contribution in [0.4, 0.5) is 4.39 Å². The number of benzene rings is 1. The van der Waals surface area contributed by atoms with Gasteiger partial charge in [0, 0.05) is 24.8 Å². The highest BCUT2D eigenvalue weighted by Gasteiger charge is 2.46. The van der Waals surface area contributed by atoms with Crippen molar-refractivity contribution >= 4 is 17.4 Å². The molecule has 2 aromatic rings. The zero-order valence-corrected chi connectivity index (χ0v) is 16.4. The Bertz CT molecular complexity index is 960. The average molecular weight is 399 g/mol. The first-order valence-electron chi connectivity index (χ1n) is 9.03. The molecule has 1 aromatic heterocycles. The Balaban J connectivity index is 2.13. The summed E-state index contributed by atoms with van der Waals surface area (Å²) in [6.45, 7) is 0.792. The molecule has 0 spiro atoms. The summed E-state index contributed by atoms with van der Waals surface area (Å²) < 4.78 is 19.0. The van der Waals surface area contributed by atoms with Crippen LogP contribution < -0.4 is 4.74 Å². The van der Waals surface area contributed by atoms with E-state index in [1.165, 1.54) is 24.1 Å². The molecule has 0 radical (unpaired) electrons. The second-order valence-corrected chi connectivity index (χ2v) is 6.90. The number of likely N-dealkylation sites (N-methyl/N-ethyl adjacent to an activating group) is 1. The number of aliphatic hydroxyl groups is 1. The van der Waals surface area contributed by atoms with Gasteiger partial charge in [0.15, 0.2) is 11.6 Å². The molecule has 1 amide bonds. The number of aliphatic hydroxyl groups excluding tert-OH is 1. The third kappa shape index (κ3) is 3.97. The van der Waals surface area contributed by atoms with Crippen LogP contribution >= 0.6 is 0 Å². The van der Waals surface area contributed by atoms with E-state index in [0.717, 1.165) is 6.07 Å². The topological polar surface area (TPSA) is 83.0 Å². The highest BCUT2D eigenvalue weighted by molar-refractivity contribution is 6.46. The van der Waals surface area contributed by atoms with Crippen LogP contribution in [0.1, 0.15) is 17.3 Å². The summed E-state index contributed by atoms with van der Waals surface area (Å²) in [7, 11) is 5.04. The first-order valence-corrected chi connectivity index (χ1v) is 9.03. The molecule has 1 N–H and O–H groups in total. The molecule has 1 atom stereocenters. The molecule has 3 rings (SSSR count). The van der Waals surface area contributed by atoms with Crippen LogP contribution in [0, 0.1) is 5.82 Å². The van der Waals surface area contributed by atoms with E-state index in [1.54, 1.807) is 24.4 Å². The number of carbonyl (C=O) groups is 2. The van der Waals surface area contributed by atoms with Crippen molar-refractivity contribution in [2.75, 3.05) is 34.3 Å². The van der Waals surface area contributed by atoms with Crippen molar-refractivity contribution < 1.29 is 23.8 Å². The van der Waals surface area contributed by atoms with Gasteiger partial charge in [0.25, 0.3) is 11.7 Å². The van der Waals surface area contributed by atoms with Crippen molar-refractivity contribution in [3.05, 3.63) is 65.2 Å². The Morgan fingerprint density at radius 2 is 2.03 bits per heavy atom. The maximum atomic E-state index is 14.1. The number of likely N-dealkylation sites (tertiary alicyclic amines) is 1. The Hall–Kier alpha value is -3.26. The van der Waals surface area contributed by atoms with Gasteiger partial charge in [0.1, 0.15) is 11.8 Å². The summed E-state index contributed by atoms with van der Waals surface area (Å²) in [5, 5.41) is 10.9. The predicted octanol–water partition coefficient (Wildman–Crippen LogP) is 2.21. The maximum Gasteiger partial charge on any atom is 0.295 e. The van der Waals surface area contributed by atoms with Gasteiger partial charge < -0.3 is 19.6 Å². The number of rotatable bonds is 6. The van der Waals surface area contributed by atoms with Crippen LogP contribution in [-0.4, -0.2) is 65.9 Å². The number of hydrogen-bond donors (Lipinski definition) is 1. The molecule has 7 nitrogen and oxygen atoms in total. The van der Waals surface area contributed by atoms with E-state index in [1.807, 2.05) is 19.0 Å². The smallest absolute Gasteiger partial charge is 0.295 e. The molecule has 0 aliphatic carbocycles. The van der Waals surface area contributed by atoms with Gasteiger partial charge >= 0.3 is 0 Å². The third-order valence-corrected chi connectivity index (χ3v) is 4.72. The average Bonchev–Trinajstić information content (AvgIpc) is 2.97. The second-order valence-electron chi connectivity index (χ2n) is 6.90. The van der Waals surface area contributed by atoms with Crippen LogP contribution in [0.3, 0.4) is 0 Å². The maximum absolute atomic E-state index is 14.1. The summed E-state index contributed by atoms with van der Waals surface area (Å²) in [5.74, 6) is -2.68. The lowest BCUT2D eigenvalue weighted by Crippen LogP contribution is -2.35. The van der Waals surface area contributed by atoms with E-state index in [0.29, 0.717) is 12.2 Å². The quantitative estimate of drug-likeness (QED) is 0.456. The van der Waals surface area contributed by atoms with E-state index in [-0.39, 0.29) is 23.4 Å². The number of ether oxygens (including phenoxy) is 1. The molecule has 0 bridgehead atoms. The number of ketones is 1. The van der Waals surface area contributed by atoms with Gasteiger partial charge in [-0.05, 0) is 44.4 Å². The van der Waals surface area contributed by atoms with E-state index >= 15 is 0 Å². The molecule has 2 heterocycles. The lowest BCUT2D eigenvalue weighted by atomic mass is 9.98. The molecular formula is C21H22FN3O4. The fraction of sp³-hybridized carbons (Fsp3) is 0.286. The number of methoxy groups -OCH3 is 1. The molecule has 0 saturated carbocycles. The molecule has 1 aromatic carbocycles. The minimum atomic E-state index is -0.860. The Morgan fingerprint density at radius 1 is 1.28 bits per heavy atom. The van der Waals surface area contributed by atoms with E-state index in [2.05, 4.69) is 4.98 Å². The van der Waals surface area contributed by atoms with Crippen LogP contribution in [0.15, 0.2) is 48.2 Å². The summed E-state index contributed by atoms with van der Waals surface area (Å²) in [6, 6.07) is 8.12. The number of hydrogen-bond acceptors (Lipinski definition) is 6. The number of halogens is 1. The number of nitrogens with zero attached hydrogens (tertiary/aromatic N) is 3. The van der Waals surface area contributed by atoms with Gasteiger partial charge in [-0.3, -0.25) is 14.6 Å². The zero-order chi connectivity index (χ0) is 21.1. The van der Waals surface area contributed by atoms with Crippen molar-refractivity contribution in [2.24, 2.45) is 0 Å². The van der Waals surface area contributed by atoms with Crippen molar-refractivity contribution in [1.29, 1.82) is 0 Å². The molecule has 8 heteroatoms. The summed E-state index contributed by atoms with van der Waals surface area (Å²) >= 11 is 0. The number of pyridine rings is 1. The summed E-state index contributed by atoms with van der Waals surface area (Å²) in [4.78, 5) is 33.1. The first kappa shape index (κ1) is 20.5. The van der Waals surface area contributed by atoms with Crippen molar-refractivity contribution in [2.45, 2.75) is 6.04 Å². The summed E-state index contributed by atoms with van der Waals surface area (Å²) in [6.07, 6.45) is 1.55. The molecule has 152 valence electrons. The van der Waals surface area contributed by atoms with Crippen LogP contribution in [0.2, 0.25) is 0 Å². The van der Waals surface area contributed by atoms with Crippen LogP contribution in [0.5, 0.6) is 5.75 Å². The molecule has 29 heavy (non-hydrogen) atoms. The standard InChI is InChI=1S/C21H22FN3O4/c1-24(2)10-11-25-18(15-6-4-5-9-23-15)17(20(27)21(25)28)19(26)13-7-8-16(29-3)14(22)12-13/h4-9,12,18,26H,10-11H2,1-3H3/t18-/m1/s1. The predicted molar refractivity (Wildman–Crippen MR) is 105 cm³/mol. The summed E-state index contributed by atoms with van der Waals surface area (Å²) in [5.41, 5.74) is 0.410. The number of amides is 1. The van der Waals surface area contributed by atoms with Gasteiger partial charge in [-0.2, -0.15) is 0 Å². The molecule has 1 fully saturated rings. The van der Waals surface area contributed by atoms with E-state index in [4.69, 9.17) is 4.74 Å². The largest absolute Gasteiger partial charge is 0.507 e. The molecule has 1 saturated heterocycles. The second kappa shape index (κ2) is 8.40. The highest BCUT2D eigenvalue weighted by Crippen LogP contribution is 2.38. The van der Waals surface area contributed by atoms with Crippen molar-refractivity contribution in [1.82, 2.24) is 14.8 Å². The van der Waals surface area contributed by atoms with Gasteiger partial charge in [0.2, 0.25) is 0 Å². The normalized spacial score (nSPS) is 18.5. The monoisotopic (exact) mass is 399 g/mol. The number of aromatic nitrogens is 1. The highest BCUT2D eigenvalue weighted by atomic mass is 19.1. The Kier molecular flexibility index (Phi) is 5.93. The Morgan fingerprint density at radius 3 is 2.62 bits per heavy atom. The third-order valence-electron chi connectivity index (χ3n) is 4.72. The van der Waals surface area contributed by atoms with Gasteiger partial charge in [-0.25, -0.2) is 4.39 Å². The lowest BCUT2D eigenvalue weighted by Gasteiger charge is -2.25. The lowest BCUT2D eigenvalue weighted by molar-refractivity contribution is -0.140. The van der Waals surface area contributed by atoms with Crippen molar-refractivity contribution in [3.8, 4) is 5.75 Å². The minimum Gasteiger partial charge on any atom is -0.507 e. The fourth-order valence-electron chi connectivity index (χ4n) is 3.23. The van der Waals surface area contributed by atoms with Crippen LogP contribution in [0.25, 0.3) is 5.76 Å². The van der Waals surface area contributed by atoms with Gasteiger partial charge in [0.05, 0.1) is 18.4 Å². The minimum absolute atomic E-state index is 0.00857. The SMILES string of the molecule is COc1ccc(C(O)=C2C(=O)C(=O)N(CCN(C)C)[C@@H]2c2ccccn2)cc1F. The Labute approximate surface area is 168 Å².